The number of aromatic nitrogens is 3. The van der Waals surface area contributed by atoms with E-state index in [1.807, 2.05) is 4.90 Å². The summed E-state index contributed by atoms with van der Waals surface area (Å²) in [7, 11) is 0. The Balaban J connectivity index is 1.67. The molecule has 1 amide bonds. The topological polar surface area (TPSA) is 65.5 Å². The third kappa shape index (κ3) is 3.45. The first kappa shape index (κ1) is 15.0. The Bertz CT molecular complexity index is 507. The summed E-state index contributed by atoms with van der Waals surface area (Å²) in [4.78, 5) is 22.4. The maximum atomic E-state index is 11.4. The molecule has 0 aliphatic carbocycles. The largest absolute Gasteiger partial charge is 0.352 e. The highest BCUT2D eigenvalue weighted by atomic mass is 16.2. The van der Waals surface area contributed by atoms with Crippen molar-refractivity contribution in [3.63, 3.8) is 0 Å². The van der Waals surface area contributed by atoms with Crippen molar-refractivity contribution in [1.82, 2.24) is 20.1 Å². The predicted octanol–water partition coefficient (Wildman–Crippen LogP) is 0.920. The Labute approximate surface area is 131 Å². The fraction of sp³-hybridized carbons (Fsp3) is 0.733. The van der Waals surface area contributed by atoms with Crippen molar-refractivity contribution >= 4 is 17.7 Å². The van der Waals surface area contributed by atoms with Crippen LogP contribution in [0.25, 0.3) is 0 Å². The number of amides is 1. The summed E-state index contributed by atoms with van der Waals surface area (Å²) in [5, 5.41) is 8.36. The van der Waals surface area contributed by atoms with Gasteiger partial charge in [0.2, 0.25) is 11.9 Å². The Morgan fingerprint density at radius 1 is 0.955 bits per heavy atom. The van der Waals surface area contributed by atoms with Crippen LogP contribution in [0.1, 0.15) is 32.6 Å². The standard InChI is InChI=1S/C15H24N6O/c1-13(22)19-8-10-20(11-9-19)14-12-16-18-15(17-14)21-6-4-2-3-5-7-21/h12H,2-11H2,1H3. The number of piperazine rings is 1. The molecule has 2 saturated heterocycles. The van der Waals surface area contributed by atoms with Crippen molar-refractivity contribution in [2.24, 2.45) is 0 Å². The molecule has 2 aliphatic rings. The Morgan fingerprint density at radius 3 is 2.27 bits per heavy atom. The van der Waals surface area contributed by atoms with E-state index in [9.17, 15) is 4.79 Å². The summed E-state index contributed by atoms with van der Waals surface area (Å²) in [6, 6.07) is 0. The van der Waals surface area contributed by atoms with Crippen molar-refractivity contribution in [3.8, 4) is 0 Å². The van der Waals surface area contributed by atoms with E-state index in [1.165, 1.54) is 25.7 Å². The summed E-state index contributed by atoms with van der Waals surface area (Å²) in [5.41, 5.74) is 0. The average Bonchev–Trinajstić information content (AvgIpc) is 2.84. The van der Waals surface area contributed by atoms with E-state index in [0.29, 0.717) is 0 Å². The molecule has 1 aromatic heterocycles. The van der Waals surface area contributed by atoms with Crippen LogP contribution in [-0.4, -0.2) is 65.3 Å². The van der Waals surface area contributed by atoms with Gasteiger partial charge < -0.3 is 14.7 Å². The summed E-state index contributed by atoms with van der Waals surface area (Å²) in [6.07, 6.45) is 6.70. The molecule has 0 unspecified atom stereocenters. The molecule has 120 valence electrons. The third-order valence-corrected chi connectivity index (χ3v) is 4.47. The lowest BCUT2D eigenvalue weighted by Crippen LogP contribution is -2.48. The highest BCUT2D eigenvalue weighted by Gasteiger charge is 2.21. The van der Waals surface area contributed by atoms with Gasteiger partial charge in [-0.05, 0) is 12.8 Å². The van der Waals surface area contributed by atoms with Crippen LogP contribution in [0.5, 0.6) is 0 Å². The van der Waals surface area contributed by atoms with E-state index in [-0.39, 0.29) is 5.91 Å². The molecule has 0 bridgehead atoms. The van der Waals surface area contributed by atoms with E-state index in [1.54, 1.807) is 13.1 Å². The van der Waals surface area contributed by atoms with Gasteiger partial charge in [0.1, 0.15) is 0 Å². The highest BCUT2D eigenvalue weighted by molar-refractivity contribution is 5.73. The summed E-state index contributed by atoms with van der Waals surface area (Å²) < 4.78 is 0. The lowest BCUT2D eigenvalue weighted by Gasteiger charge is -2.34. The average molecular weight is 304 g/mol. The van der Waals surface area contributed by atoms with Gasteiger partial charge in [-0.3, -0.25) is 4.79 Å². The van der Waals surface area contributed by atoms with Crippen LogP contribution >= 0.6 is 0 Å². The molecular weight excluding hydrogens is 280 g/mol. The first-order valence-electron chi connectivity index (χ1n) is 8.19. The monoisotopic (exact) mass is 304 g/mol. The second kappa shape index (κ2) is 6.89. The quantitative estimate of drug-likeness (QED) is 0.809. The molecule has 0 saturated carbocycles. The van der Waals surface area contributed by atoms with Gasteiger partial charge in [0.15, 0.2) is 5.82 Å². The van der Waals surface area contributed by atoms with Gasteiger partial charge in [-0.2, -0.15) is 10.1 Å². The van der Waals surface area contributed by atoms with Crippen molar-refractivity contribution in [3.05, 3.63) is 6.20 Å². The molecule has 7 nitrogen and oxygen atoms in total. The van der Waals surface area contributed by atoms with E-state index in [4.69, 9.17) is 4.98 Å². The van der Waals surface area contributed by atoms with Crippen molar-refractivity contribution in [1.29, 1.82) is 0 Å². The number of anilines is 2. The molecule has 3 heterocycles. The van der Waals surface area contributed by atoms with Crippen LogP contribution in [0, 0.1) is 0 Å². The Kier molecular flexibility index (Phi) is 4.70. The van der Waals surface area contributed by atoms with Gasteiger partial charge in [-0.25, -0.2) is 0 Å². The summed E-state index contributed by atoms with van der Waals surface area (Å²) >= 11 is 0. The number of nitrogens with zero attached hydrogens (tertiary/aromatic N) is 6. The third-order valence-electron chi connectivity index (χ3n) is 4.47. The van der Waals surface area contributed by atoms with Crippen LogP contribution in [0.3, 0.4) is 0 Å². The molecule has 2 aliphatic heterocycles. The number of carbonyl (C=O) groups excluding carboxylic acids is 1. The van der Waals surface area contributed by atoms with Gasteiger partial charge in [-0.1, -0.05) is 12.8 Å². The van der Waals surface area contributed by atoms with Crippen LogP contribution in [0.2, 0.25) is 0 Å². The van der Waals surface area contributed by atoms with Crippen LogP contribution in [0.4, 0.5) is 11.8 Å². The lowest BCUT2D eigenvalue weighted by atomic mass is 10.2. The smallest absolute Gasteiger partial charge is 0.247 e. The van der Waals surface area contributed by atoms with Gasteiger partial charge in [0.25, 0.3) is 0 Å². The first-order valence-corrected chi connectivity index (χ1v) is 8.19. The van der Waals surface area contributed by atoms with Gasteiger partial charge in [0.05, 0.1) is 6.20 Å². The molecule has 0 spiro atoms. The molecule has 7 heteroatoms. The second-order valence-electron chi connectivity index (χ2n) is 6.01. The molecule has 0 N–H and O–H groups in total. The molecule has 1 aromatic rings. The van der Waals surface area contributed by atoms with Gasteiger partial charge in [-0.15, -0.1) is 5.10 Å². The van der Waals surface area contributed by atoms with E-state index in [2.05, 4.69) is 20.0 Å². The second-order valence-corrected chi connectivity index (χ2v) is 6.01. The first-order chi connectivity index (χ1) is 10.7. The molecule has 22 heavy (non-hydrogen) atoms. The number of hydrogen-bond acceptors (Lipinski definition) is 6. The number of rotatable bonds is 2. The normalized spacial score (nSPS) is 20.0. The van der Waals surface area contributed by atoms with E-state index in [0.717, 1.165) is 51.0 Å². The molecule has 2 fully saturated rings. The predicted molar refractivity (Wildman–Crippen MR) is 85.0 cm³/mol. The molecular formula is C15H24N6O. The maximum Gasteiger partial charge on any atom is 0.247 e. The minimum Gasteiger partial charge on any atom is -0.352 e. The highest BCUT2D eigenvalue weighted by Crippen LogP contribution is 2.18. The zero-order valence-electron chi connectivity index (χ0n) is 13.2. The summed E-state index contributed by atoms with van der Waals surface area (Å²) in [6.45, 7) is 6.76. The molecule has 0 aromatic carbocycles. The van der Waals surface area contributed by atoms with Crippen molar-refractivity contribution in [2.75, 3.05) is 49.1 Å². The van der Waals surface area contributed by atoms with Crippen LogP contribution in [0.15, 0.2) is 6.20 Å². The maximum absolute atomic E-state index is 11.4. The Hall–Kier alpha value is -1.92. The molecule has 0 atom stereocenters. The fourth-order valence-corrected chi connectivity index (χ4v) is 3.09. The fourth-order valence-electron chi connectivity index (χ4n) is 3.09. The van der Waals surface area contributed by atoms with E-state index < -0.39 is 0 Å². The minimum absolute atomic E-state index is 0.144. The Morgan fingerprint density at radius 2 is 1.64 bits per heavy atom. The SMILES string of the molecule is CC(=O)N1CCN(c2cnnc(N3CCCCCC3)n2)CC1. The van der Waals surface area contributed by atoms with Crippen molar-refractivity contribution < 1.29 is 4.79 Å². The van der Waals surface area contributed by atoms with E-state index >= 15 is 0 Å². The molecule has 3 rings (SSSR count). The zero-order chi connectivity index (χ0) is 15.4. The van der Waals surface area contributed by atoms with Gasteiger partial charge >= 0.3 is 0 Å². The lowest BCUT2D eigenvalue weighted by molar-refractivity contribution is -0.129. The minimum atomic E-state index is 0.144. The van der Waals surface area contributed by atoms with Gasteiger partial charge in [0, 0.05) is 46.2 Å². The van der Waals surface area contributed by atoms with Crippen molar-refractivity contribution in [2.45, 2.75) is 32.6 Å². The molecule has 0 radical (unpaired) electrons. The number of hydrogen-bond donors (Lipinski definition) is 0. The van der Waals surface area contributed by atoms with Crippen LogP contribution < -0.4 is 9.80 Å². The van der Waals surface area contributed by atoms with Crippen LogP contribution in [-0.2, 0) is 4.79 Å². The number of carbonyl (C=O) groups is 1. The zero-order valence-corrected chi connectivity index (χ0v) is 13.2. The summed E-state index contributed by atoms with van der Waals surface area (Å²) in [5.74, 6) is 1.76.